The van der Waals surface area contributed by atoms with Crippen LogP contribution < -0.4 is 15.0 Å². The molecule has 0 radical (unpaired) electrons. The number of rotatable bonds is 5. The van der Waals surface area contributed by atoms with Crippen molar-refractivity contribution in [2.75, 3.05) is 14.2 Å². The molecule has 0 spiro atoms. The van der Waals surface area contributed by atoms with Gasteiger partial charge in [-0.05, 0) is 18.2 Å². The molecule has 154 valence electrons. The molecule has 1 amide bonds. The molecule has 2 aromatic heterocycles. The quantitative estimate of drug-likeness (QED) is 0.582. The number of hydrogen-bond donors (Lipinski definition) is 0. The number of nitrogens with zero attached hydrogens (tertiary/aromatic N) is 3. The number of aromatic nitrogens is 2. The highest BCUT2D eigenvalue weighted by Gasteiger charge is 2.32. The topological polar surface area (TPSA) is 73.7 Å². The summed E-state index contributed by atoms with van der Waals surface area (Å²) >= 11 is 6.32. The van der Waals surface area contributed by atoms with Crippen LogP contribution in [-0.4, -0.2) is 34.6 Å². The van der Waals surface area contributed by atoms with Crippen LogP contribution in [0.1, 0.15) is 21.6 Å². The number of benzene rings is 1. The lowest BCUT2D eigenvalue weighted by atomic mass is 10.1. The van der Waals surface area contributed by atoms with Gasteiger partial charge in [-0.2, -0.15) is 4.39 Å². The van der Waals surface area contributed by atoms with E-state index in [0.717, 1.165) is 16.2 Å². The second-order valence-electron chi connectivity index (χ2n) is 6.65. The second kappa shape index (κ2) is 7.79. The molecule has 0 saturated heterocycles. The van der Waals surface area contributed by atoms with E-state index in [1.54, 1.807) is 24.1 Å². The van der Waals surface area contributed by atoms with Gasteiger partial charge in [-0.1, -0.05) is 17.7 Å². The fraction of sp³-hybridized carbons (Fsp3) is 0.190. The summed E-state index contributed by atoms with van der Waals surface area (Å²) in [6.07, 6.45) is 0. The van der Waals surface area contributed by atoms with Gasteiger partial charge in [0.1, 0.15) is 17.3 Å². The Hall–Kier alpha value is -3.39. The molecule has 9 heteroatoms. The van der Waals surface area contributed by atoms with E-state index in [-0.39, 0.29) is 35.4 Å². The van der Waals surface area contributed by atoms with Crippen molar-refractivity contribution in [1.82, 2.24) is 14.5 Å². The summed E-state index contributed by atoms with van der Waals surface area (Å²) in [6, 6.07) is 10.3. The smallest absolute Gasteiger partial charge is 0.258 e. The average Bonchev–Trinajstić information content (AvgIpc) is 3.04. The Morgan fingerprint density at radius 3 is 2.63 bits per heavy atom. The minimum atomic E-state index is -0.768. The first-order valence-electron chi connectivity index (χ1n) is 9.00. The monoisotopic (exact) mass is 429 g/mol. The second-order valence-corrected chi connectivity index (χ2v) is 7.05. The first-order chi connectivity index (χ1) is 14.4. The highest BCUT2D eigenvalue weighted by Crippen LogP contribution is 2.33. The largest absolute Gasteiger partial charge is 0.497 e. The molecule has 0 unspecified atom stereocenters. The molecule has 0 aliphatic carbocycles. The molecule has 3 heterocycles. The molecule has 4 rings (SSSR count). The third-order valence-electron chi connectivity index (χ3n) is 4.87. The van der Waals surface area contributed by atoms with Gasteiger partial charge in [-0.25, -0.2) is 9.55 Å². The van der Waals surface area contributed by atoms with E-state index in [1.165, 1.54) is 25.3 Å². The summed E-state index contributed by atoms with van der Waals surface area (Å²) in [4.78, 5) is 30.9. The SMILES string of the molecule is COc1ccc(CN2Cc3nc(-n4c(F)cccc4=O)cc(Cl)c3C2=O)c(OC)c1. The standard InChI is InChI=1S/C21H17ClFN3O4/c1-29-13-7-6-12(16(8-13)30-2)10-25-11-15-20(21(25)28)14(22)9-18(24-15)26-17(23)4-3-5-19(26)27/h3-9H,10-11H2,1-2H3. The first-order valence-corrected chi connectivity index (χ1v) is 9.38. The zero-order valence-electron chi connectivity index (χ0n) is 16.2. The van der Waals surface area contributed by atoms with Gasteiger partial charge in [0.25, 0.3) is 11.5 Å². The minimum absolute atomic E-state index is 0.0264. The zero-order valence-corrected chi connectivity index (χ0v) is 16.9. The van der Waals surface area contributed by atoms with Gasteiger partial charge >= 0.3 is 0 Å². The van der Waals surface area contributed by atoms with Crippen LogP contribution in [0.5, 0.6) is 11.5 Å². The van der Waals surface area contributed by atoms with E-state index < -0.39 is 11.5 Å². The predicted molar refractivity (Wildman–Crippen MR) is 108 cm³/mol. The van der Waals surface area contributed by atoms with Crippen molar-refractivity contribution >= 4 is 17.5 Å². The van der Waals surface area contributed by atoms with Gasteiger partial charge in [-0.15, -0.1) is 0 Å². The Kier molecular flexibility index (Phi) is 5.17. The van der Waals surface area contributed by atoms with E-state index in [1.807, 2.05) is 6.07 Å². The lowest BCUT2D eigenvalue weighted by Crippen LogP contribution is -2.23. The maximum atomic E-state index is 14.2. The third kappa shape index (κ3) is 3.39. The highest BCUT2D eigenvalue weighted by atomic mass is 35.5. The van der Waals surface area contributed by atoms with Crippen molar-refractivity contribution in [3.8, 4) is 17.3 Å². The number of halogens is 2. The number of fused-ring (bicyclic) bond motifs is 1. The maximum absolute atomic E-state index is 14.2. The van der Waals surface area contributed by atoms with Crippen LogP contribution in [0.15, 0.2) is 47.3 Å². The van der Waals surface area contributed by atoms with Crippen LogP contribution in [0, 0.1) is 5.95 Å². The van der Waals surface area contributed by atoms with Crippen molar-refractivity contribution in [3.05, 3.63) is 80.6 Å². The number of hydrogen-bond acceptors (Lipinski definition) is 5. The number of carbonyl (C=O) groups excluding carboxylic acids is 1. The van der Waals surface area contributed by atoms with Crippen LogP contribution in [0.4, 0.5) is 4.39 Å². The number of carbonyl (C=O) groups is 1. The van der Waals surface area contributed by atoms with Gasteiger partial charge in [0.15, 0.2) is 0 Å². The first kappa shape index (κ1) is 19.9. The van der Waals surface area contributed by atoms with Crippen molar-refractivity contribution < 1.29 is 18.7 Å². The van der Waals surface area contributed by atoms with E-state index in [0.29, 0.717) is 17.2 Å². The summed E-state index contributed by atoms with van der Waals surface area (Å²) in [5.41, 5.74) is 0.825. The molecule has 0 N–H and O–H groups in total. The number of methoxy groups -OCH3 is 2. The lowest BCUT2D eigenvalue weighted by Gasteiger charge is -2.18. The van der Waals surface area contributed by atoms with E-state index in [4.69, 9.17) is 21.1 Å². The number of amides is 1. The van der Waals surface area contributed by atoms with Crippen LogP contribution in [0.25, 0.3) is 5.82 Å². The van der Waals surface area contributed by atoms with Gasteiger partial charge in [0.2, 0.25) is 5.95 Å². The molecule has 1 aliphatic heterocycles. The molecule has 30 heavy (non-hydrogen) atoms. The Labute approximate surface area is 176 Å². The van der Waals surface area contributed by atoms with E-state index >= 15 is 0 Å². The summed E-state index contributed by atoms with van der Waals surface area (Å²) in [7, 11) is 3.09. The molecule has 1 aliphatic rings. The fourth-order valence-electron chi connectivity index (χ4n) is 3.42. The number of ether oxygens (including phenoxy) is 2. The predicted octanol–water partition coefficient (Wildman–Crippen LogP) is 3.20. The molecule has 0 saturated carbocycles. The molecule has 0 fully saturated rings. The lowest BCUT2D eigenvalue weighted by molar-refractivity contribution is 0.0765. The fourth-order valence-corrected chi connectivity index (χ4v) is 3.70. The molecule has 7 nitrogen and oxygen atoms in total. The number of pyridine rings is 2. The zero-order chi connectivity index (χ0) is 21.4. The Morgan fingerprint density at radius 2 is 1.93 bits per heavy atom. The molecular weight excluding hydrogens is 413 g/mol. The normalized spacial score (nSPS) is 12.8. The van der Waals surface area contributed by atoms with Crippen LogP contribution >= 0.6 is 11.6 Å². The van der Waals surface area contributed by atoms with Crippen LogP contribution in [0.2, 0.25) is 5.02 Å². The molecule has 1 aromatic carbocycles. The van der Waals surface area contributed by atoms with Crippen LogP contribution in [-0.2, 0) is 13.1 Å². The molecular formula is C21H17ClFN3O4. The van der Waals surface area contributed by atoms with Gasteiger partial charge in [0, 0.05) is 23.8 Å². The molecule has 0 bridgehead atoms. The summed E-state index contributed by atoms with van der Waals surface area (Å²) < 4.78 is 25.6. The van der Waals surface area contributed by atoms with E-state index in [9.17, 15) is 14.0 Å². The molecule has 3 aromatic rings. The van der Waals surface area contributed by atoms with Crippen molar-refractivity contribution in [2.45, 2.75) is 13.1 Å². The maximum Gasteiger partial charge on any atom is 0.258 e. The van der Waals surface area contributed by atoms with Crippen molar-refractivity contribution in [2.24, 2.45) is 0 Å². The van der Waals surface area contributed by atoms with Gasteiger partial charge in [0.05, 0.1) is 43.6 Å². The van der Waals surface area contributed by atoms with Crippen molar-refractivity contribution in [1.29, 1.82) is 0 Å². The summed E-state index contributed by atoms with van der Waals surface area (Å²) in [6.45, 7) is 0.424. The van der Waals surface area contributed by atoms with Gasteiger partial charge in [-0.3, -0.25) is 9.59 Å². The van der Waals surface area contributed by atoms with Crippen LogP contribution in [0.3, 0.4) is 0 Å². The van der Waals surface area contributed by atoms with Crippen molar-refractivity contribution in [3.63, 3.8) is 0 Å². The summed E-state index contributed by atoms with van der Waals surface area (Å²) in [5, 5.41) is 0.111. The minimum Gasteiger partial charge on any atom is -0.497 e. The van der Waals surface area contributed by atoms with E-state index in [2.05, 4.69) is 4.98 Å². The Morgan fingerprint density at radius 1 is 1.13 bits per heavy atom. The third-order valence-corrected chi connectivity index (χ3v) is 5.16. The highest BCUT2D eigenvalue weighted by molar-refractivity contribution is 6.34. The summed E-state index contributed by atoms with van der Waals surface area (Å²) in [5.74, 6) is 0.175. The molecule has 0 atom stereocenters. The Bertz CT molecular complexity index is 1210. The van der Waals surface area contributed by atoms with Gasteiger partial charge < -0.3 is 14.4 Å². The Balaban J connectivity index is 1.68. The average molecular weight is 430 g/mol.